The summed E-state index contributed by atoms with van der Waals surface area (Å²) >= 11 is 6.94. The molecule has 0 radical (unpaired) electrons. The number of ketones is 2. The zero-order chi connectivity index (χ0) is 15.0. The highest BCUT2D eigenvalue weighted by molar-refractivity contribution is 8.02. The SMILES string of the molecule is Cc1ccc2c(c1SC=CCl)C(=O)c1ccccc1C2=O. The minimum Gasteiger partial charge on any atom is -0.289 e. The molecule has 0 aliphatic heterocycles. The third kappa shape index (κ3) is 2.23. The van der Waals surface area contributed by atoms with Crippen LogP contribution in [0.15, 0.2) is 52.2 Å². The molecule has 4 heteroatoms. The van der Waals surface area contributed by atoms with E-state index in [1.165, 1.54) is 17.3 Å². The van der Waals surface area contributed by atoms with Gasteiger partial charge in [0.25, 0.3) is 0 Å². The molecular weight excluding hydrogens is 304 g/mol. The van der Waals surface area contributed by atoms with Crippen LogP contribution in [0, 0.1) is 6.92 Å². The van der Waals surface area contributed by atoms with E-state index in [0.717, 1.165) is 10.5 Å². The first-order valence-corrected chi connectivity index (χ1v) is 7.70. The molecule has 0 saturated carbocycles. The maximum Gasteiger partial charge on any atom is 0.195 e. The van der Waals surface area contributed by atoms with Crippen LogP contribution >= 0.6 is 23.4 Å². The number of aryl methyl sites for hydroxylation is 1. The highest BCUT2D eigenvalue weighted by Crippen LogP contribution is 2.36. The number of hydrogen-bond donors (Lipinski definition) is 0. The molecule has 0 heterocycles. The molecule has 21 heavy (non-hydrogen) atoms. The average Bonchev–Trinajstić information content (AvgIpc) is 2.51. The molecule has 0 amide bonds. The highest BCUT2D eigenvalue weighted by atomic mass is 35.5. The zero-order valence-corrected chi connectivity index (χ0v) is 12.8. The molecule has 104 valence electrons. The van der Waals surface area contributed by atoms with Crippen molar-refractivity contribution >= 4 is 34.9 Å². The lowest BCUT2D eigenvalue weighted by molar-refractivity contribution is 0.0977. The number of benzene rings is 2. The number of carbonyl (C=O) groups is 2. The number of halogens is 1. The Bertz CT molecular complexity index is 793. The number of rotatable bonds is 2. The predicted octanol–water partition coefficient (Wildman–Crippen LogP) is 4.57. The van der Waals surface area contributed by atoms with E-state index in [1.807, 2.05) is 13.0 Å². The van der Waals surface area contributed by atoms with Gasteiger partial charge in [-0.3, -0.25) is 9.59 Å². The van der Waals surface area contributed by atoms with Crippen molar-refractivity contribution in [3.05, 3.63) is 75.2 Å². The lowest BCUT2D eigenvalue weighted by Crippen LogP contribution is -2.21. The second kappa shape index (κ2) is 5.51. The van der Waals surface area contributed by atoms with Gasteiger partial charge in [-0.05, 0) is 24.0 Å². The molecule has 0 spiro atoms. The smallest absolute Gasteiger partial charge is 0.195 e. The summed E-state index contributed by atoms with van der Waals surface area (Å²) in [6, 6.07) is 10.5. The Morgan fingerprint density at radius 1 is 0.952 bits per heavy atom. The van der Waals surface area contributed by atoms with Crippen LogP contribution in [-0.4, -0.2) is 11.6 Å². The molecule has 2 nitrogen and oxygen atoms in total. The first kappa shape index (κ1) is 14.1. The van der Waals surface area contributed by atoms with E-state index in [0.29, 0.717) is 22.3 Å². The van der Waals surface area contributed by atoms with Gasteiger partial charge >= 0.3 is 0 Å². The average molecular weight is 315 g/mol. The molecule has 1 aliphatic rings. The van der Waals surface area contributed by atoms with Gasteiger partial charge in [0, 0.05) is 32.7 Å². The van der Waals surface area contributed by atoms with Crippen molar-refractivity contribution in [3.8, 4) is 0 Å². The lowest BCUT2D eigenvalue weighted by Gasteiger charge is -2.20. The third-order valence-corrected chi connectivity index (χ3v) is 4.79. The number of carbonyl (C=O) groups excluding carboxylic acids is 2. The van der Waals surface area contributed by atoms with Crippen molar-refractivity contribution in [1.82, 2.24) is 0 Å². The van der Waals surface area contributed by atoms with Gasteiger partial charge in [-0.25, -0.2) is 0 Å². The number of hydrogen-bond acceptors (Lipinski definition) is 3. The Morgan fingerprint density at radius 3 is 2.29 bits per heavy atom. The molecule has 0 saturated heterocycles. The van der Waals surface area contributed by atoms with Gasteiger partial charge in [0.1, 0.15) is 0 Å². The molecular formula is C17H11ClO2S. The summed E-state index contributed by atoms with van der Waals surface area (Å²) in [7, 11) is 0. The summed E-state index contributed by atoms with van der Waals surface area (Å²) in [6.07, 6.45) is 0. The summed E-state index contributed by atoms with van der Waals surface area (Å²) in [5, 5.41) is 1.70. The molecule has 0 aromatic heterocycles. The fourth-order valence-electron chi connectivity index (χ4n) is 2.51. The van der Waals surface area contributed by atoms with E-state index in [1.54, 1.807) is 35.7 Å². The van der Waals surface area contributed by atoms with Crippen LogP contribution in [0.1, 0.15) is 37.4 Å². The first-order chi connectivity index (χ1) is 10.1. The van der Waals surface area contributed by atoms with E-state index in [2.05, 4.69) is 0 Å². The minimum absolute atomic E-state index is 0.100. The Balaban J connectivity index is 2.27. The van der Waals surface area contributed by atoms with Crippen LogP contribution in [0.25, 0.3) is 0 Å². The van der Waals surface area contributed by atoms with Gasteiger partial charge in [0.05, 0.1) is 0 Å². The standard InChI is InChI=1S/C17H11ClO2S/c1-10-6-7-13-14(17(10)21-9-8-18)16(20)12-5-3-2-4-11(12)15(13)19/h2-9H,1H3. The fraction of sp³-hybridized carbons (Fsp3) is 0.0588. The van der Waals surface area contributed by atoms with Gasteiger partial charge in [-0.1, -0.05) is 53.7 Å². The summed E-state index contributed by atoms with van der Waals surface area (Å²) < 4.78 is 0. The normalized spacial score (nSPS) is 13.4. The fourth-order valence-corrected chi connectivity index (χ4v) is 3.42. The van der Waals surface area contributed by atoms with Crippen LogP contribution in [0.3, 0.4) is 0 Å². The van der Waals surface area contributed by atoms with Crippen molar-refractivity contribution in [2.75, 3.05) is 0 Å². The molecule has 0 N–H and O–H groups in total. The summed E-state index contributed by atoms with van der Waals surface area (Å²) in [5.74, 6) is -0.203. The highest BCUT2D eigenvalue weighted by Gasteiger charge is 2.31. The van der Waals surface area contributed by atoms with Gasteiger partial charge < -0.3 is 0 Å². The lowest BCUT2D eigenvalue weighted by atomic mass is 9.83. The Kier molecular flexibility index (Phi) is 3.70. The Hall–Kier alpha value is -1.84. The van der Waals surface area contributed by atoms with E-state index in [9.17, 15) is 9.59 Å². The summed E-state index contributed by atoms with van der Waals surface area (Å²) in [5.41, 5.74) is 4.24. The molecule has 0 atom stereocenters. The van der Waals surface area contributed by atoms with Crippen LogP contribution in [0.5, 0.6) is 0 Å². The largest absolute Gasteiger partial charge is 0.289 e. The number of fused-ring (bicyclic) bond motifs is 2. The first-order valence-electron chi connectivity index (χ1n) is 6.39. The third-order valence-electron chi connectivity index (χ3n) is 3.48. The van der Waals surface area contributed by atoms with Crippen molar-refractivity contribution in [3.63, 3.8) is 0 Å². The van der Waals surface area contributed by atoms with Crippen molar-refractivity contribution in [2.24, 2.45) is 0 Å². The van der Waals surface area contributed by atoms with Gasteiger partial charge in [0.15, 0.2) is 11.6 Å². The van der Waals surface area contributed by atoms with E-state index < -0.39 is 0 Å². The second-order valence-electron chi connectivity index (χ2n) is 4.72. The molecule has 0 unspecified atom stereocenters. The van der Waals surface area contributed by atoms with Crippen molar-refractivity contribution in [1.29, 1.82) is 0 Å². The Morgan fingerprint density at radius 2 is 1.62 bits per heavy atom. The monoisotopic (exact) mass is 314 g/mol. The van der Waals surface area contributed by atoms with Gasteiger partial charge in [-0.2, -0.15) is 0 Å². The van der Waals surface area contributed by atoms with Crippen molar-refractivity contribution < 1.29 is 9.59 Å². The molecule has 2 aromatic rings. The van der Waals surface area contributed by atoms with Gasteiger partial charge in [0.2, 0.25) is 0 Å². The summed E-state index contributed by atoms with van der Waals surface area (Å²) in [4.78, 5) is 26.1. The van der Waals surface area contributed by atoms with Crippen LogP contribution in [-0.2, 0) is 0 Å². The minimum atomic E-state index is -0.102. The molecule has 3 rings (SSSR count). The van der Waals surface area contributed by atoms with E-state index >= 15 is 0 Å². The predicted molar refractivity (Wildman–Crippen MR) is 85.3 cm³/mol. The zero-order valence-electron chi connectivity index (χ0n) is 11.2. The maximum absolute atomic E-state index is 12.8. The van der Waals surface area contributed by atoms with Crippen LogP contribution in [0.2, 0.25) is 0 Å². The number of thioether (sulfide) groups is 1. The topological polar surface area (TPSA) is 34.1 Å². The van der Waals surface area contributed by atoms with Crippen LogP contribution < -0.4 is 0 Å². The molecule has 0 fully saturated rings. The van der Waals surface area contributed by atoms with E-state index in [4.69, 9.17) is 11.6 Å². The summed E-state index contributed by atoms with van der Waals surface area (Å²) in [6.45, 7) is 1.92. The van der Waals surface area contributed by atoms with Gasteiger partial charge in [-0.15, -0.1) is 0 Å². The molecule has 1 aliphatic carbocycles. The van der Waals surface area contributed by atoms with Crippen LogP contribution in [0.4, 0.5) is 0 Å². The van der Waals surface area contributed by atoms with Crippen molar-refractivity contribution in [2.45, 2.75) is 11.8 Å². The molecule has 0 bridgehead atoms. The maximum atomic E-state index is 12.8. The quantitative estimate of drug-likeness (QED) is 0.650. The van der Waals surface area contributed by atoms with E-state index in [-0.39, 0.29) is 11.6 Å². The second-order valence-corrected chi connectivity index (χ2v) is 5.89. The molecule has 2 aromatic carbocycles. The Labute approximate surface area is 131 Å².